The van der Waals surface area contributed by atoms with E-state index in [0.29, 0.717) is 25.9 Å². The highest BCUT2D eigenvalue weighted by molar-refractivity contribution is 5.85. The summed E-state index contributed by atoms with van der Waals surface area (Å²) in [6.07, 6.45) is -1.95. The van der Waals surface area contributed by atoms with Crippen molar-refractivity contribution in [2.24, 2.45) is 5.41 Å². The molecule has 0 spiro atoms. The Kier molecular flexibility index (Phi) is 6.83. The maximum absolute atomic E-state index is 12.4. The van der Waals surface area contributed by atoms with Crippen LogP contribution in [0.2, 0.25) is 0 Å². The number of halogens is 3. The Morgan fingerprint density at radius 3 is 2.44 bits per heavy atom. The zero-order valence-electron chi connectivity index (χ0n) is 9.30. The van der Waals surface area contributed by atoms with Gasteiger partial charge in [0.25, 0.3) is 0 Å². The van der Waals surface area contributed by atoms with Crippen molar-refractivity contribution >= 4 is 18.4 Å². The van der Waals surface area contributed by atoms with Gasteiger partial charge in [0.15, 0.2) is 0 Å². The van der Waals surface area contributed by atoms with Crippen LogP contribution in [0.25, 0.3) is 0 Å². The van der Waals surface area contributed by atoms with Crippen molar-refractivity contribution < 1.29 is 18.3 Å². The monoisotopic (exact) mass is 257 g/mol. The number of rotatable bonds is 4. The van der Waals surface area contributed by atoms with Gasteiger partial charge in [-0.3, -0.25) is 4.79 Å². The first-order chi connectivity index (χ1) is 7.10. The Bertz CT molecular complexity index is 221. The third-order valence-corrected chi connectivity index (χ3v) is 2.81. The Morgan fingerprint density at radius 1 is 1.44 bits per heavy atom. The maximum atomic E-state index is 12.4. The van der Waals surface area contributed by atoms with Crippen molar-refractivity contribution in [3.8, 4) is 0 Å². The summed E-state index contributed by atoms with van der Waals surface area (Å²) in [4.78, 5) is 11.7. The molecule has 1 heterocycles. The van der Waals surface area contributed by atoms with E-state index in [4.69, 9.17) is 4.74 Å². The molecule has 0 atom stereocenters. The van der Waals surface area contributed by atoms with Crippen LogP contribution in [0.4, 0.5) is 8.78 Å². The van der Waals surface area contributed by atoms with Crippen LogP contribution in [0.5, 0.6) is 0 Å². The molecule has 0 amide bonds. The van der Waals surface area contributed by atoms with E-state index in [2.05, 4.69) is 5.32 Å². The first-order valence-corrected chi connectivity index (χ1v) is 5.27. The van der Waals surface area contributed by atoms with Crippen molar-refractivity contribution in [1.82, 2.24) is 5.32 Å². The number of hydrogen-bond acceptors (Lipinski definition) is 3. The summed E-state index contributed by atoms with van der Waals surface area (Å²) in [5.74, 6) is -0.466. The summed E-state index contributed by atoms with van der Waals surface area (Å²) in [6.45, 7) is 3.14. The number of carbonyl (C=O) groups excluding carboxylic acids is 1. The van der Waals surface area contributed by atoms with Gasteiger partial charge < -0.3 is 10.1 Å². The Hall–Kier alpha value is -0.420. The van der Waals surface area contributed by atoms with Crippen LogP contribution in [0.15, 0.2) is 0 Å². The highest BCUT2D eigenvalue weighted by Crippen LogP contribution is 2.36. The lowest BCUT2D eigenvalue weighted by molar-refractivity contribution is -0.160. The van der Waals surface area contributed by atoms with Gasteiger partial charge >= 0.3 is 5.97 Å². The van der Waals surface area contributed by atoms with E-state index in [1.807, 2.05) is 0 Å². The van der Waals surface area contributed by atoms with E-state index in [1.54, 1.807) is 6.92 Å². The topological polar surface area (TPSA) is 38.3 Å². The number of esters is 1. The zero-order chi connectivity index (χ0) is 11.3. The largest absolute Gasteiger partial charge is 0.466 e. The van der Waals surface area contributed by atoms with Crippen LogP contribution in [0.1, 0.15) is 26.2 Å². The lowest BCUT2D eigenvalue weighted by atomic mass is 9.76. The molecule has 6 heteroatoms. The molecule has 3 nitrogen and oxygen atoms in total. The fourth-order valence-corrected chi connectivity index (χ4v) is 1.98. The summed E-state index contributed by atoms with van der Waals surface area (Å²) in [7, 11) is 0. The quantitative estimate of drug-likeness (QED) is 0.783. The highest BCUT2D eigenvalue weighted by atomic mass is 35.5. The first kappa shape index (κ1) is 15.6. The van der Waals surface area contributed by atoms with Crippen molar-refractivity contribution in [2.45, 2.75) is 32.6 Å². The molecule has 1 aliphatic rings. The Labute approximate surface area is 100 Å². The molecule has 0 radical (unpaired) electrons. The van der Waals surface area contributed by atoms with Crippen LogP contribution in [-0.2, 0) is 9.53 Å². The molecule has 0 unspecified atom stereocenters. The minimum Gasteiger partial charge on any atom is -0.466 e. The summed E-state index contributed by atoms with van der Waals surface area (Å²) in [6, 6.07) is 0. The molecule has 0 bridgehead atoms. The van der Waals surface area contributed by atoms with Gasteiger partial charge in [-0.1, -0.05) is 0 Å². The van der Waals surface area contributed by atoms with Gasteiger partial charge in [0.05, 0.1) is 12.0 Å². The molecular formula is C10H18ClF2NO2. The van der Waals surface area contributed by atoms with Gasteiger partial charge in [0.2, 0.25) is 6.43 Å². The maximum Gasteiger partial charge on any atom is 0.312 e. The molecule has 0 aromatic carbocycles. The lowest BCUT2D eigenvalue weighted by Gasteiger charge is -2.34. The molecule has 0 aliphatic carbocycles. The molecule has 16 heavy (non-hydrogen) atoms. The van der Waals surface area contributed by atoms with Gasteiger partial charge in [-0.05, 0) is 32.9 Å². The summed E-state index contributed by atoms with van der Waals surface area (Å²) in [5, 5.41) is 3.06. The van der Waals surface area contributed by atoms with Crippen LogP contribution in [0, 0.1) is 5.41 Å². The third-order valence-electron chi connectivity index (χ3n) is 2.81. The van der Waals surface area contributed by atoms with Crippen LogP contribution < -0.4 is 5.32 Å². The van der Waals surface area contributed by atoms with Gasteiger partial charge in [-0.2, -0.15) is 0 Å². The van der Waals surface area contributed by atoms with Crippen molar-refractivity contribution in [3.63, 3.8) is 0 Å². The number of alkyl halides is 2. The molecule has 0 saturated carbocycles. The Morgan fingerprint density at radius 2 is 2.00 bits per heavy atom. The van der Waals surface area contributed by atoms with E-state index in [0.717, 1.165) is 0 Å². The lowest BCUT2D eigenvalue weighted by Crippen LogP contribution is -2.44. The smallest absolute Gasteiger partial charge is 0.312 e. The van der Waals surface area contributed by atoms with Crippen LogP contribution >= 0.6 is 12.4 Å². The SMILES string of the molecule is CCOC(=O)C1(CC(F)F)CCNCC1.Cl. The molecule has 1 aliphatic heterocycles. The van der Waals surface area contributed by atoms with E-state index >= 15 is 0 Å². The van der Waals surface area contributed by atoms with Crippen LogP contribution in [0.3, 0.4) is 0 Å². The van der Waals surface area contributed by atoms with Crippen LogP contribution in [-0.4, -0.2) is 32.1 Å². The number of carbonyl (C=O) groups is 1. The normalized spacial score (nSPS) is 19.0. The summed E-state index contributed by atoms with van der Waals surface area (Å²) in [5.41, 5.74) is -0.963. The standard InChI is InChI=1S/C10H17F2NO2.ClH/c1-2-15-9(14)10(7-8(11)12)3-5-13-6-4-10;/h8,13H,2-7H2,1H3;1H. The number of piperidine rings is 1. The number of ether oxygens (including phenoxy) is 1. The minimum atomic E-state index is -2.45. The molecule has 0 aromatic rings. The van der Waals surface area contributed by atoms with Gasteiger partial charge in [0.1, 0.15) is 0 Å². The van der Waals surface area contributed by atoms with Gasteiger partial charge in [-0.15, -0.1) is 12.4 Å². The van der Waals surface area contributed by atoms with Crippen molar-refractivity contribution in [2.75, 3.05) is 19.7 Å². The molecule has 1 rings (SSSR count). The van der Waals surface area contributed by atoms with Gasteiger partial charge in [-0.25, -0.2) is 8.78 Å². The number of nitrogens with one attached hydrogen (secondary N) is 1. The van der Waals surface area contributed by atoms with E-state index < -0.39 is 17.8 Å². The summed E-state index contributed by atoms with van der Waals surface area (Å²) < 4.78 is 29.8. The predicted molar refractivity (Wildman–Crippen MR) is 59.0 cm³/mol. The van der Waals surface area contributed by atoms with E-state index in [1.165, 1.54) is 0 Å². The highest BCUT2D eigenvalue weighted by Gasteiger charge is 2.43. The zero-order valence-corrected chi connectivity index (χ0v) is 10.1. The molecule has 96 valence electrons. The average molecular weight is 258 g/mol. The van der Waals surface area contributed by atoms with Crippen molar-refractivity contribution in [1.29, 1.82) is 0 Å². The predicted octanol–water partition coefficient (Wildman–Crippen LogP) is 2.00. The fourth-order valence-electron chi connectivity index (χ4n) is 1.98. The van der Waals surface area contributed by atoms with E-state index in [9.17, 15) is 13.6 Å². The first-order valence-electron chi connectivity index (χ1n) is 5.27. The second kappa shape index (κ2) is 7.01. The molecule has 1 saturated heterocycles. The molecule has 0 aromatic heterocycles. The second-order valence-corrected chi connectivity index (χ2v) is 3.85. The van der Waals surface area contributed by atoms with Crippen molar-refractivity contribution in [3.05, 3.63) is 0 Å². The second-order valence-electron chi connectivity index (χ2n) is 3.85. The molecule has 1 fully saturated rings. The fraction of sp³-hybridized carbons (Fsp3) is 0.900. The molecular weight excluding hydrogens is 240 g/mol. The molecule has 1 N–H and O–H groups in total. The average Bonchev–Trinajstić information content (AvgIpc) is 2.18. The van der Waals surface area contributed by atoms with Gasteiger partial charge in [0, 0.05) is 6.42 Å². The third kappa shape index (κ3) is 3.87. The summed E-state index contributed by atoms with van der Waals surface area (Å²) >= 11 is 0. The number of hydrogen-bond donors (Lipinski definition) is 1. The minimum absolute atomic E-state index is 0. The van der Waals surface area contributed by atoms with E-state index in [-0.39, 0.29) is 25.4 Å². The Balaban J connectivity index is 0.00000225.